The lowest BCUT2D eigenvalue weighted by Gasteiger charge is -2.18. The van der Waals surface area contributed by atoms with Gasteiger partial charge in [-0.1, -0.05) is 40.5 Å². The number of aliphatic hydroxyl groups excluding tert-OH is 1. The van der Waals surface area contributed by atoms with E-state index in [1.165, 1.54) is 0 Å². The van der Waals surface area contributed by atoms with Crippen LogP contribution in [0, 0.1) is 0 Å². The van der Waals surface area contributed by atoms with Crippen molar-refractivity contribution in [2.45, 2.75) is 25.5 Å². The van der Waals surface area contributed by atoms with Gasteiger partial charge in [0.1, 0.15) is 6.61 Å². The zero-order chi connectivity index (χ0) is 19.9. The summed E-state index contributed by atoms with van der Waals surface area (Å²) in [6.07, 6.45) is 0.869. The smallest absolute Gasteiger partial charge is 0.319 e. The molecule has 0 saturated carbocycles. The second-order valence-electron chi connectivity index (χ2n) is 6.10. The SMILES string of the molecule is O=C(Nc1ccc(Cl)cc1)NC(Cc1ccc(Cl)cc1)Cc1noc(CO)n1. The highest BCUT2D eigenvalue weighted by molar-refractivity contribution is 6.30. The van der Waals surface area contributed by atoms with E-state index in [0.717, 1.165) is 5.56 Å². The number of hydrogen-bond donors (Lipinski definition) is 3. The second-order valence-corrected chi connectivity index (χ2v) is 6.97. The van der Waals surface area contributed by atoms with Crippen molar-refractivity contribution in [3.63, 3.8) is 0 Å². The number of aliphatic hydroxyl groups is 1. The van der Waals surface area contributed by atoms with Gasteiger partial charge in [-0.25, -0.2) is 4.79 Å². The minimum absolute atomic E-state index is 0.130. The Morgan fingerprint density at radius 2 is 1.68 bits per heavy atom. The lowest BCUT2D eigenvalue weighted by atomic mass is 10.0. The second kappa shape index (κ2) is 9.54. The van der Waals surface area contributed by atoms with Crippen LogP contribution in [0.4, 0.5) is 10.5 Å². The molecule has 0 fully saturated rings. The molecule has 0 aliphatic heterocycles. The van der Waals surface area contributed by atoms with E-state index in [9.17, 15) is 4.79 Å². The van der Waals surface area contributed by atoms with Gasteiger partial charge < -0.3 is 20.3 Å². The summed E-state index contributed by atoms with van der Waals surface area (Å²) < 4.78 is 4.92. The lowest BCUT2D eigenvalue weighted by Crippen LogP contribution is -2.41. The summed E-state index contributed by atoms with van der Waals surface area (Å²) in [6.45, 7) is -0.334. The first kappa shape index (κ1) is 20.1. The number of amides is 2. The molecule has 146 valence electrons. The normalized spacial score (nSPS) is 11.8. The molecule has 0 radical (unpaired) electrons. The number of carbonyl (C=O) groups is 1. The number of rotatable bonds is 7. The van der Waals surface area contributed by atoms with Gasteiger partial charge in [0, 0.05) is 28.2 Å². The van der Waals surface area contributed by atoms with E-state index in [0.29, 0.717) is 34.4 Å². The van der Waals surface area contributed by atoms with Crippen LogP contribution in [0.3, 0.4) is 0 Å². The highest BCUT2D eigenvalue weighted by atomic mass is 35.5. The van der Waals surface area contributed by atoms with Crippen LogP contribution in [0.1, 0.15) is 17.3 Å². The van der Waals surface area contributed by atoms with Gasteiger partial charge in [0.2, 0.25) is 0 Å². The molecule has 2 aromatic carbocycles. The third-order valence-electron chi connectivity index (χ3n) is 3.91. The molecule has 0 aliphatic rings. The van der Waals surface area contributed by atoms with Gasteiger partial charge in [-0.2, -0.15) is 4.98 Å². The van der Waals surface area contributed by atoms with Crippen molar-refractivity contribution in [1.82, 2.24) is 15.5 Å². The fourth-order valence-electron chi connectivity index (χ4n) is 2.62. The Morgan fingerprint density at radius 1 is 1.04 bits per heavy atom. The summed E-state index contributed by atoms with van der Waals surface area (Å²) in [4.78, 5) is 16.5. The number of benzene rings is 2. The zero-order valence-electron chi connectivity index (χ0n) is 14.7. The van der Waals surface area contributed by atoms with Crippen LogP contribution < -0.4 is 10.6 Å². The maximum Gasteiger partial charge on any atom is 0.319 e. The van der Waals surface area contributed by atoms with Crippen LogP contribution in [0.15, 0.2) is 53.1 Å². The number of anilines is 1. The molecule has 1 atom stereocenters. The number of hydrogen-bond acceptors (Lipinski definition) is 5. The summed E-state index contributed by atoms with van der Waals surface area (Å²) in [6, 6.07) is 13.5. The van der Waals surface area contributed by atoms with Gasteiger partial charge in [0.25, 0.3) is 5.89 Å². The van der Waals surface area contributed by atoms with E-state index in [2.05, 4.69) is 20.8 Å². The lowest BCUT2D eigenvalue weighted by molar-refractivity contribution is 0.222. The van der Waals surface area contributed by atoms with Crippen LogP contribution in [0.25, 0.3) is 0 Å². The van der Waals surface area contributed by atoms with Gasteiger partial charge in [0.05, 0.1) is 0 Å². The van der Waals surface area contributed by atoms with Crippen molar-refractivity contribution in [1.29, 1.82) is 0 Å². The summed E-state index contributed by atoms with van der Waals surface area (Å²) in [5.41, 5.74) is 1.61. The van der Waals surface area contributed by atoms with Crippen LogP contribution >= 0.6 is 23.2 Å². The van der Waals surface area contributed by atoms with E-state index < -0.39 is 0 Å². The number of urea groups is 1. The number of nitrogens with zero attached hydrogens (tertiary/aromatic N) is 2. The molecule has 0 spiro atoms. The molecule has 3 rings (SSSR count). The van der Waals surface area contributed by atoms with E-state index >= 15 is 0 Å². The third kappa shape index (κ3) is 5.95. The molecular formula is C19H18Cl2N4O3. The number of carbonyl (C=O) groups excluding carboxylic acids is 1. The minimum Gasteiger partial charge on any atom is -0.387 e. The summed E-state index contributed by atoms with van der Waals surface area (Å²) >= 11 is 11.8. The maximum atomic E-state index is 12.4. The van der Waals surface area contributed by atoms with E-state index in [4.69, 9.17) is 32.8 Å². The molecule has 1 unspecified atom stereocenters. The highest BCUT2D eigenvalue weighted by Gasteiger charge is 2.18. The largest absolute Gasteiger partial charge is 0.387 e. The maximum absolute atomic E-state index is 12.4. The third-order valence-corrected chi connectivity index (χ3v) is 4.41. The summed E-state index contributed by atoms with van der Waals surface area (Å²) in [5, 5.41) is 19.8. The predicted molar refractivity (Wildman–Crippen MR) is 106 cm³/mol. The average Bonchev–Trinajstić information content (AvgIpc) is 3.13. The van der Waals surface area contributed by atoms with Crippen molar-refractivity contribution in [3.05, 3.63) is 75.9 Å². The topological polar surface area (TPSA) is 100 Å². The van der Waals surface area contributed by atoms with Crippen LogP contribution in [0.2, 0.25) is 10.0 Å². The average molecular weight is 421 g/mol. The van der Waals surface area contributed by atoms with Gasteiger partial charge in [-0.05, 0) is 48.4 Å². The Kier molecular flexibility index (Phi) is 6.86. The first-order valence-electron chi connectivity index (χ1n) is 8.51. The Bertz CT molecular complexity index is 914. The number of halogens is 2. The number of nitrogens with one attached hydrogen (secondary N) is 2. The van der Waals surface area contributed by atoms with E-state index in [1.807, 2.05) is 12.1 Å². The molecular weight excluding hydrogens is 403 g/mol. The van der Waals surface area contributed by atoms with Crippen molar-refractivity contribution < 1.29 is 14.4 Å². The predicted octanol–water partition coefficient (Wildman–Crippen LogP) is 3.84. The molecule has 3 N–H and O–H groups in total. The Morgan fingerprint density at radius 3 is 2.29 bits per heavy atom. The van der Waals surface area contributed by atoms with E-state index in [-0.39, 0.29) is 24.6 Å². The molecule has 1 heterocycles. The molecule has 9 heteroatoms. The molecule has 2 amide bonds. The van der Waals surface area contributed by atoms with Gasteiger partial charge in [0.15, 0.2) is 5.82 Å². The van der Waals surface area contributed by atoms with Crippen LogP contribution in [-0.4, -0.2) is 27.3 Å². The quantitative estimate of drug-likeness (QED) is 0.538. The molecule has 7 nitrogen and oxygen atoms in total. The molecule has 3 aromatic rings. The fourth-order valence-corrected chi connectivity index (χ4v) is 2.87. The zero-order valence-corrected chi connectivity index (χ0v) is 16.2. The molecule has 0 bridgehead atoms. The van der Waals surface area contributed by atoms with Crippen molar-refractivity contribution >= 4 is 34.9 Å². The summed E-state index contributed by atoms with van der Waals surface area (Å²) in [7, 11) is 0. The molecule has 0 saturated heterocycles. The van der Waals surface area contributed by atoms with Crippen LogP contribution in [-0.2, 0) is 19.4 Å². The molecule has 0 aliphatic carbocycles. The monoisotopic (exact) mass is 420 g/mol. The minimum atomic E-state index is -0.368. The Labute approximate surface area is 171 Å². The standard InChI is InChI=1S/C19H18Cl2N4O3/c20-13-3-1-12(2-4-13)9-16(10-17-24-18(11-26)28-25-17)23-19(27)22-15-7-5-14(21)6-8-15/h1-8,16,26H,9-11H2,(H2,22,23,27). The van der Waals surface area contributed by atoms with Gasteiger partial charge in [-0.15, -0.1) is 0 Å². The van der Waals surface area contributed by atoms with Gasteiger partial charge >= 0.3 is 6.03 Å². The summed E-state index contributed by atoms with van der Waals surface area (Å²) in [5.74, 6) is 0.528. The van der Waals surface area contributed by atoms with Gasteiger partial charge in [-0.3, -0.25) is 0 Å². The molecule has 1 aromatic heterocycles. The highest BCUT2D eigenvalue weighted by Crippen LogP contribution is 2.15. The molecule has 28 heavy (non-hydrogen) atoms. The van der Waals surface area contributed by atoms with Crippen molar-refractivity contribution in [2.24, 2.45) is 0 Å². The fraction of sp³-hybridized carbons (Fsp3) is 0.211. The van der Waals surface area contributed by atoms with Crippen LogP contribution in [0.5, 0.6) is 0 Å². The van der Waals surface area contributed by atoms with Crippen molar-refractivity contribution in [3.8, 4) is 0 Å². The Balaban J connectivity index is 1.69. The Hall–Kier alpha value is -2.61. The first-order valence-corrected chi connectivity index (χ1v) is 9.27. The first-order chi connectivity index (χ1) is 13.5. The van der Waals surface area contributed by atoms with E-state index in [1.54, 1.807) is 36.4 Å². The van der Waals surface area contributed by atoms with Crippen molar-refractivity contribution in [2.75, 3.05) is 5.32 Å². The number of aromatic nitrogens is 2.